The zero-order valence-electron chi connectivity index (χ0n) is 20.5. The van der Waals surface area contributed by atoms with Crippen LogP contribution in [0.5, 0.6) is 0 Å². The van der Waals surface area contributed by atoms with Crippen molar-refractivity contribution in [2.45, 2.75) is 71.3 Å². The van der Waals surface area contributed by atoms with Gasteiger partial charge in [-0.15, -0.1) is 12.3 Å². The third kappa shape index (κ3) is 11.4. The summed E-state index contributed by atoms with van der Waals surface area (Å²) >= 11 is 5.91. The second-order valence-electron chi connectivity index (χ2n) is 8.37. The molecule has 0 aromatic carbocycles. The average Bonchev–Trinajstić information content (AvgIpc) is 3.16. The van der Waals surface area contributed by atoms with Crippen LogP contribution in [0.1, 0.15) is 65.2 Å². The molecule has 0 spiro atoms. The molecule has 0 aromatic rings. The number of halogens is 1. The van der Waals surface area contributed by atoms with Gasteiger partial charge in [0.15, 0.2) is 0 Å². The summed E-state index contributed by atoms with van der Waals surface area (Å²) in [5, 5.41) is 2.83. The minimum atomic E-state index is -0.425. The molecule has 3 amide bonds. The van der Waals surface area contributed by atoms with E-state index < -0.39 is 5.91 Å². The number of allylic oxidation sites excluding steroid dienone is 3. The SMILES string of the molecule is C#CCCC/C(=C\Cl)CCC(C)/C=C/CCC(=O)NCC/C(=C/C(=O)N1C(=O)C=C[C@@H]1C)OC. The molecule has 0 aromatic heterocycles. The van der Waals surface area contributed by atoms with E-state index in [4.69, 9.17) is 22.8 Å². The molecule has 2 atom stereocenters. The van der Waals surface area contributed by atoms with Crippen molar-refractivity contribution in [1.29, 1.82) is 0 Å². The Morgan fingerprint density at radius 2 is 2.09 bits per heavy atom. The summed E-state index contributed by atoms with van der Waals surface area (Å²) < 4.78 is 5.23. The number of carbonyl (C=O) groups excluding carboxylic acids is 3. The summed E-state index contributed by atoms with van der Waals surface area (Å²) in [6, 6.07) is -0.275. The minimum Gasteiger partial charge on any atom is -0.501 e. The molecule has 34 heavy (non-hydrogen) atoms. The van der Waals surface area contributed by atoms with Gasteiger partial charge in [-0.2, -0.15) is 0 Å². The molecule has 0 saturated carbocycles. The van der Waals surface area contributed by atoms with Crippen LogP contribution in [0.15, 0.2) is 47.2 Å². The van der Waals surface area contributed by atoms with Gasteiger partial charge in [-0.1, -0.05) is 42.3 Å². The summed E-state index contributed by atoms with van der Waals surface area (Å²) in [4.78, 5) is 37.3. The number of terminal acetylenes is 1. The maximum atomic E-state index is 12.3. The van der Waals surface area contributed by atoms with Crippen LogP contribution in [0.2, 0.25) is 0 Å². The van der Waals surface area contributed by atoms with Crippen molar-refractivity contribution in [3.8, 4) is 12.3 Å². The van der Waals surface area contributed by atoms with Gasteiger partial charge in [0.1, 0.15) is 5.76 Å². The Kier molecular flexibility index (Phi) is 14.4. The summed E-state index contributed by atoms with van der Waals surface area (Å²) in [6.45, 7) is 4.27. The number of methoxy groups -OCH3 is 1. The van der Waals surface area contributed by atoms with Crippen molar-refractivity contribution in [2.75, 3.05) is 13.7 Å². The smallest absolute Gasteiger partial charge is 0.257 e. The van der Waals surface area contributed by atoms with Crippen molar-refractivity contribution in [3.05, 3.63) is 47.2 Å². The third-order valence-corrected chi connectivity index (χ3v) is 5.85. The van der Waals surface area contributed by atoms with Gasteiger partial charge in [-0.25, -0.2) is 0 Å². The third-order valence-electron chi connectivity index (χ3n) is 5.54. The number of ether oxygens (including phenoxy) is 1. The van der Waals surface area contributed by atoms with Gasteiger partial charge in [0.25, 0.3) is 11.8 Å². The van der Waals surface area contributed by atoms with Crippen LogP contribution in [0, 0.1) is 18.3 Å². The highest BCUT2D eigenvalue weighted by atomic mass is 35.5. The van der Waals surface area contributed by atoms with E-state index in [1.807, 2.05) is 6.08 Å². The molecular weight excluding hydrogens is 452 g/mol. The van der Waals surface area contributed by atoms with Crippen LogP contribution in [-0.4, -0.2) is 42.3 Å². The molecule has 0 saturated heterocycles. The van der Waals surface area contributed by atoms with E-state index in [-0.39, 0.29) is 17.9 Å². The lowest BCUT2D eigenvalue weighted by atomic mass is 9.98. The monoisotopic (exact) mass is 488 g/mol. The summed E-state index contributed by atoms with van der Waals surface area (Å²) in [7, 11) is 1.46. The predicted octanol–water partition coefficient (Wildman–Crippen LogP) is 5.02. The van der Waals surface area contributed by atoms with Crippen molar-refractivity contribution in [1.82, 2.24) is 10.2 Å². The lowest BCUT2D eigenvalue weighted by Gasteiger charge is -2.18. The molecule has 7 heteroatoms. The molecule has 0 aliphatic carbocycles. The Labute approximate surface area is 209 Å². The highest BCUT2D eigenvalue weighted by Crippen LogP contribution is 2.19. The van der Waals surface area contributed by atoms with Gasteiger partial charge in [-0.05, 0) is 44.9 Å². The molecule has 0 fully saturated rings. The number of hydrogen-bond acceptors (Lipinski definition) is 4. The average molecular weight is 489 g/mol. The van der Waals surface area contributed by atoms with Crippen molar-refractivity contribution >= 4 is 29.3 Å². The largest absolute Gasteiger partial charge is 0.501 e. The molecule has 1 aliphatic rings. The van der Waals surface area contributed by atoms with E-state index in [9.17, 15) is 14.4 Å². The van der Waals surface area contributed by atoms with E-state index in [1.165, 1.54) is 24.8 Å². The molecule has 1 N–H and O–H groups in total. The van der Waals surface area contributed by atoms with Crippen LogP contribution in [-0.2, 0) is 19.1 Å². The van der Waals surface area contributed by atoms with E-state index in [2.05, 4.69) is 24.2 Å². The molecule has 0 radical (unpaired) electrons. The fraction of sp³-hybridized carbons (Fsp3) is 0.519. The Hall–Kier alpha value is -2.78. The summed E-state index contributed by atoms with van der Waals surface area (Å²) in [5.41, 5.74) is 2.89. The van der Waals surface area contributed by atoms with Crippen molar-refractivity contribution in [2.24, 2.45) is 5.92 Å². The van der Waals surface area contributed by atoms with Crippen LogP contribution in [0.4, 0.5) is 0 Å². The zero-order chi connectivity index (χ0) is 25.3. The van der Waals surface area contributed by atoms with Crippen LogP contribution in [0.3, 0.4) is 0 Å². The standard InChI is InChI=1S/C27H37ClN2O4/c1-5-6-7-11-23(20-28)15-13-21(2)10-8-9-12-25(31)29-18-17-24(34-4)19-27(33)30-22(3)14-16-26(30)32/h1,8,10,14,16,19-22H,6-7,9,11-13,15,17-18H2,2-4H3,(H,29,31)/b10-8+,23-20+,24-19-/t21?,22-/m0/s1. The number of nitrogens with zero attached hydrogens (tertiary/aromatic N) is 1. The van der Waals surface area contributed by atoms with Crippen molar-refractivity contribution in [3.63, 3.8) is 0 Å². The second-order valence-corrected chi connectivity index (χ2v) is 8.59. The van der Waals surface area contributed by atoms with Crippen LogP contribution in [0.25, 0.3) is 0 Å². The zero-order valence-corrected chi connectivity index (χ0v) is 21.3. The molecule has 1 unspecified atom stereocenters. The van der Waals surface area contributed by atoms with Gasteiger partial charge in [-0.3, -0.25) is 19.3 Å². The first kappa shape index (κ1) is 29.3. The minimum absolute atomic E-state index is 0.0625. The van der Waals surface area contributed by atoms with Gasteiger partial charge in [0.2, 0.25) is 5.91 Å². The van der Waals surface area contributed by atoms with Gasteiger partial charge < -0.3 is 10.1 Å². The number of carbonyl (C=O) groups is 3. The molecule has 186 valence electrons. The highest BCUT2D eigenvalue weighted by molar-refractivity contribution is 6.25. The Morgan fingerprint density at radius 1 is 1.32 bits per heavy atom. The Balaban J connectivity index is 2.28. The topological polar surface area (TPSA) is 75.7 Å². The van der Waals surface area contributed by atoms with E-state index in [0.29, 0.717) is 37.5 Å². The molecule has 1 heterocycles. The summed E-state index contributed by atoms with van der Waals surface area (Å²) in [5.74, 6) is 2.63. The molecule has 1 aliphatic heterocycles. The molecule has 0 bridgehead atoms. The van der Waals surface area contributed by atoms with Crippen LogP contribution < -0.4 is 5.32 Å². The molecular formula is C27H37ClN2O4. The number of hydrogen-bond donors (Lipinski definition) is 1. The van der Waals surface area contributed by atoms with E-state index in [0.717, 1.165) is 37.0 Å². The lowest BCUT2D eigenvalue weighted by Crippen LogP contribution is -2.37. The van der Waals surface area contributed by atoms with Crippen LogP contribution >= 0.6 is 11.6 Å². The maximum absolute atomic E-state index is 12.3. The van der Waals surface area contributed by atoms with E-state index >= 15 is 0 Å². The van der Waals surface area contributed by atoms with Crippen molar-refractivity contribution < 1.29 is 19.1 Å². The van der Waals surface area contributed by atoms with Gasteiger partial charge >= 0.3 is 0 Å². The first-order valence-electron chi connectivity index (χ1n) is 11.8. The number of imide groups is 1. The predicted molar refractivity (Wildman–Crippen MR) is 137 cm³/mol. The normalized spacial score (nSPS) is 17.2. The number of nitrogens with one attached hydrogen (secondary N) is 1. The number of unbranched alkanes of at least 4 members (excludes halogenated alkanes) is 1. The number of rotatable bonds is 15. The lowest BCUT2D eigenvalue weighted by molar-refractivity contribution is -0.139. The summed E-state index contributed by atoms with van der Waals surface area (Å²) in [6.07, 6.45) is 19.8. The van der Waals surface area contributed by atoms with Gasteiger partial charge in [0.05, 0.1) is 13.2 Å². The second kappa shape index (κ2) is 16.8. The Morgan fingerprint density at radius 3 is 2.71 bits per heavy atom. The van der Waals surface area contributed by atoms with E-state index in [1.54, 1.807) is 18.5 Å². The quantitative estimate of drug-likeness (QED) is 0.115. The maximum Gasteiger partial charge on any atom is 0.257 e. The fourth-order valence-corrected chi connectivity index (χ4v) is 3.67. The van der Waals surface area contributed by atoms with Gasteiger partial charge in [0, 0.05) is 43.5 Å². The first-order valence-corrected chi connectivity index (χ1v) is 12.2. The first-order chi connectivity index (χ1) is 16.3. The fourth-order valence-electron chi connectivity index (χ4n) is 3.46. The number of amides is 3. The molecule has 6 nitrogen and oxygen atoms in total. The Bertz CT molecular complexity index is 851. The highest BCUT2D eigenvalue weighted by Gasteiger charge is 2.27. The molecule has 1 rings (SSSR count).